The van der Waals surface area contributed by atoms with E-state index in [-0.39, 0.29) is 26.1 Å². The maximum Gasteiger partial charge on any atom is 0.304 e. The van der Waals surface area contributed by atoms with E-state index >= 15 is 0 Å². The van der Waals surface area contributed by atoms with Gasteiger partial charge < -0.3 is 29.9 Å². The van der Waals surface area contributed by atoms with E-state index in [1.54, 1.807) is 0 Å². The van der Waals surface area contributed by atoms with Gasteiger partial charge in [0.05, 0.1) is 52.5 Å². The maximum absolute atomic E-state index is 9.55. The van der Waals surface area contributed by atoms with Crippen molar-refractivity contribution in [3.63, 3.8) is 0 Å². The van der Waals surface area contributed by atoms with Gasteiger partial charge in [-0.2, -0.15) is 25.3 Å². The quantitative estimate of drug-likeness (QED) is 0.220. The molecule has 0 aromatic heterocycles. The van der Waals surface area contributed by atoms with Crippen LogP contribution < -0.4 is 0 Å². The number of hydrogen-bond donors (Lipinski definition) is 6. The summed E-state index contributed by atoms with van der Waals surface area (Å²) in [6.45, 7) is 1.73. The van der Waals surface area contributed by atoms with Crippen molar-refractivity contribution in [2.24, 2.45) is 0 Å². The number of aliphatic hydroxyl groups excluding tert-OH is 2. The van der Waals surface area contributed by atoms with Crippen LogP contribution in [0.15, 0.2) is 0 Å². The van der Waals surface area contributed by atoms with Crippen LogP contribution in [0.2, 0.25) is 0 Å². The Morgan fingerprint density at radius 2 is 1.05 bits per heavy atom. The van der Waals surface area contributed by atoms with E-state index in [4.69, 9.17) is 29.9 Å². The highest BCUT2D eigenvalue weighted by molar-refractivity contribution is 7.80. The lowest BCUT2D eigenvalue weighted by atomic mass is 10.5. The number of carboxylic acid groups (broad SMARTS) is 2. The zero-order chi connectivity index (χ0) is 17.6. The average Bonchev–Trinajstić information content (AvgIpc) is 2.44. The molecule has 0 radical (unpaired) electrons. The average molecular weight is 362 g/mol. The molecule has 0 aliphatic carbocycles. The lowest BCUT2D eigenvalue weighted by Gasteiger charge is -2.01. The Bertz CT molecular complexity index is 217. The first-order valence-electron chi connectivity index (χ1n) is 6.48. The van der Waals surface area contributed by atoms with Gasteiger partial charge in [-0.15, -0.1) is 0 Å². The molecule has 4 N–H and O–H groups in total. The Hall–Kier alpha value is -0.520. The zero-order valence-electron chi connectivity index (χ0n) is 12.4. The molecule has 0 aliphatic heterocycles. The minimum absolute atomic E-state index is 0.0417. The van der Waals surface area contributed by atoms with Crippen LogP contribution in [0.5, 0.6) is 0 Å². The Labute approximate surface area is 141 Å². The van der Waals surface area contributed by atoms with Gasteiger partial charge in [0.25, 0.3) is 0 Å². The van der Waals surface area contributed by atoms with Crippen molar-refractivity contribution >= 4 is 37.2 Å². The number of hydrogen-bond acceptors (Lipinski definition) is 8. The summed E-state index contributed by atoms with van der Waals surface area (Å²) in [6, 6.07) is 0. The predicted molar refractivity (Wildman–Crippen MR) is 88.0 cm³/mol. The topological polar surface area (TPSA) is 134 Å². The molecular weight excluding hydrogens is 336 g/mol. The van der Waals surface area contributed by atoms with E-state index in [0.717, 1.165) is 0 Å². The molecule has 10 heteroatoms. The third-order valence-corrected chi connectivity index (χ3v) is 1.94. The van der Waals surface area contributed by atoms with E-state index in [1.165, 1.54) is 0 Å². The Kier molecular flexibility index (Phi) is 30.5. The summed E-state index contributed by atoms with van der Waals surface area (Å²) < 4.78 is 9.75. The van der Waals surface area contributed by atoms with Crippen LogP contribution in [0.25, 0.3) is 0 Å². The van der Waals surface area contributed by atoms with E-state index in [2.05, 4.69) is 25.3 Å². The van der Waals surface area contributed by atoms with Crippen LogP contribution in [0.3, 0.4) is 0 Å². The highest BCUT2D eigenvalue weighted by Gasteiger charge is 1.88. The molecule has 0 aromatic carbocycles. The third kappa shape index (κ3) is 42.7. The van der Waals surface area contributed by atoms with Gasteiger partial charge in [-0.25, -0.2) is 0 Å². The second-order valence-corrected chi connectivity index (χ2v) is 4.30. The molecule has 0 rings (SSSR count). The molecule has 0 saturated heterocycles. The van der Waals surface area contributed by atoms with Crippen molar-refractivity contribution in [1.82, 2.24) is 0 Å². The Morgan fingerprint density at radius 3 is 1.18 bits per heavy atom. The number of aliphatic carboxylic acids is 2. The van der Waals surface area contributed by atoms with Crippen molar-refractivity contribution in [3.8, 4) is 0 Å². The molecule has 134 valence electrons. The largest absolute Gasteiger partial charge is 0.481 e. The second kappa shape index (κ2) is 25.4. The smallest absolute Gasteiger partial charge is 0.304 e. The minimum atomic E-state index is -0.787. The standard InChI is InChI=1S/C6H14O4.2C3H6O2S/c7-1-3-9-5-6-10-4-2-8;2*4-3(5)1-2-6/h7-8H,1-6H2;2*6H,1-2H2,(H,4,5). The number of aliphatic hydroxyl groups is 2. The molecule has 0 bridgehead atoms. The molecule has 0 atom stereocenters. The maximum atomic E-state index is 9.55. The van der Waals surface area contributed by atoms with Crippen molar-refractivity contribution in [3.05, 3.63) is 0 Å². The summed E-state index contributed by atoms with van der Waals surface area (Å²) in [5.74, 6) is -0.722. The molecule has 22 heavy (non-hydrogen) atoms. The van der Waals surface area contributed by atoms with Crippen LogP contribution in [0, 0.1) is 0 Å². The fourth-order valence-corrected chi connectivity index (χ4v) is 1.02. The highest BCUT2D eigenvalue weighted by Crippen LogP contribution is 1.80. The summed E-state index contributed by atoms with van der Waals surface area (Å²) in [4.78, 5) is 19.1. The van der Waals surface area contributed by atoms with Gasteiger partial charge in [-0.05, 0) is 0 Å². The lowest BCUT2D eigenvalue weighted by Crippen LogP contribution is -2.09. The first kappa shape index (κ1) is 26.4. The van der Waals surface area contributed by atoms with Crippen LogP contribution >= 0.6 is 25.3 Å². The molecule has 0 aliphatic rings. The summed E-state index contributed by atoms with van der Waals surface area (Å²) in [7, 11) is 0. The van der Waals surface area contributed by atoms with E-state index < -0.39 is 11.9 Å². The van der Waals surface area contributed by atoms with Crippen LogP contribution in [0.1, 0.15) is 12.8 Å². The van der Waals surface area contributed by atoms with Gasteiger partial charge in [0.15, 0.2) is 0 Å². The predicted octanol–water partition coefficient (Wildman–Crippen LogP) is -0.214. The fourth-order valence-electron chi connectivity index (χ4n) is 0.642. The van der Waals surface area contributed by atoms with Gasteiger partial charge >= 0.3 is 11.9 Å². The van der Waals surface area contributed by atoms with Gasteiger partial charge in [0.2, 0.25) is 0 Å². The van der Waals surface area contributed by atoms with Crippen molar-refractivity contribution in [2.75, 3.05) is 51.1 Å². The first-order valence-corrected chi connectivity index (χ1v) is 7.75. The van der Waals surface area contributed by atoms with Crippen LogP contribution in [0.4, 0.5) is 0 Å². The van der Waals surface area contributed by atoms with Crippen molar-refractivity contribution in [1.29, 1.82) is 0 Å². The van der Waals surface area contributed by atoms with Gasteiger partial charge in [-0.3, -0.25) is 9.59 Å². The summed E-state index contributed by atoms with van der Waals surface area (Å²) in [6.07, 6.45) is 0.312. The van der Waals surface area contributed by atoms with Crippen molar-refractivity contribution in [2.45, 2.75) is 12.8 Å². The van der Waals surface area contributed by atoms with E-state index in [9.17, 15) is 9.59 Å². The lowest BCUT2D eigenvalue weighted by molar-refractivity contribution is -0.137. The molecule has 0 heterocycles. The monoisotopic (exact) mass is 362 g/mol. The normalized spacial score (nSPS) is 9.09. The van der Waals surface area contributed by atoms with Crippen molar-refractivity contribution < 1.29 is 39.5 Å². The zero-order valence-corrected chi connectivity index (χ0v) is 14.2. The highest BCUT2D eigenvalue weighted by atomic mass is 32.1. The molecule has 0 fully saturated rings. The Morgan fingerprint density at radius 1 is 0.727 bits per heavy atom. The number of carbonyl (C=O) groups is 2. The molecule has 0 amide bonds. The van der Waals surface area contributed by atoms with Crippen LogP contribution in [-0.4, -0.2) is 83.5 Å². The molecule has 0 spiro atoms. The summed E-state index contributed by atoms with van der Waals surface area (Å²) in [5.41, 5.74) is 0. The Balaban J connectivity index is -0.000000261. The van der Waals surface area contributed by atoms with Gasteiger partial charge in [0, 0.05) is 11.5 Å². The fraction of sp³-hybridized carbons (Fsp3) is 0.833. The molecule has 0 saturated carbocycles. The van der Waals surface area contributed by atoms with Gasteiger partial charge in [-0.1, -0.05) is 0 Å². The summed E-state index contributed by atoms with van der Waals surface area (Å²) in [5, 5.41) is 32.3. The number of ether oxygens (including phenoxy) is 2. The third-order valence-electron chi connectivity index (χ3n) is 1.49. The molecular formula is C12H26O8S2. The van der Waals surface area contributed by atoms with Gasteiger partial charge in [0.1, 0.15) is 0 Å². The van der Waals surface area contributed by atoms with Crippen LogP contribution in [-0.2, 0) is 19.1 Å². The number of thiol groups is 2. The molecule has 8 nitrogen and oxygen atoms in total. The molecule has 0 aromatic rings. The first-order chi connectivity index (χ1) is 10.5. The second-order valence-electron chi connectivity index (χ2n) is 3.41. The SMILES string of the molecule is O=C(O)CCS.O=C(O)CCS.OCCOCCOCCO. The number of rotatable bonds is 11. The van der Waals surface area contributed by atoms with E-state index in [1.807, 2.05) is 0 Å². The van der Waals surface area contributed by atoms with E-state index in [0.29, 0.717) is 37.9 Å². The molecule has 0 unspecified atom stereocenters. The minimum Gasteiger partial charge on any atom is -0.481 e. The summed E-state index contributed by atoms with van der Waals surface area (Å²) >= 11 is 7.36. The number of carboxylic acids is 2.